The first-order chi connectivity index (χ1) is 11.5. The summed E-state index contributed by atoms with van der Waals surface area (Å²) >= 11 is 0. The fraction of sp³-hybridized carbons (Fsp3) is 0.278. The van der Waals surface area contributed by atoms with E-state index in [-0.39, 0.29) is 24.2 Å². The molecule has 0 spiro atoms. The smallest absolute Gasteiger partial charge is 0.279 e. The quantitative estimate of drug-likeness (QED) is 0.604. The van der Waals surface area contributed by atoms with E-state index in [1.54, 1.807) is 12.1 Å². The second-order valence-corrected chi connectivity index (χ2v) is 5.98. The lowest BCUT2D eigenvalue weighted by Gasteiger charge is -2.19. The van der Waals surface area contributed by atoms with Crippen LogP contribution in [0.25, 0.3) is 0 Å². The van der Waals surface area contributed by atoms with Crippen LogP contribution < -0.4 is 10.6 Å². The van der Waals surface area contributed by atoms with Crippen LogP contribution in [0.3, 0.4) is 0 Å². The minimum atomic E-state index is -0.480. The van der Waals surface area contributed by atoms with Crippen molar-refractivity contribution in [2.75, 3.05) is 11.9 Å². The molecule has 24 heavy (non-hydrogen) atoms. The zero-order valence-electron chi connectivity index (χ0n) is 13.8. The molecule has 0 saturated carbocycles. The van der Waals surface area contributed by atoms with Crippen molar-refractivity contribution >= 4 is 17.3 Å². The van der Waals surface area contributed by atoms with Gasteiger partial charge >= 0.3 is 0 Å². The van der Waals surface area contributed by atoms with Crippen molar-refractivity contribution in [2.24, 2.45) is 5.92 Å². The van der Waals surface area contributed by atoms with Gasteiger partial charge in [0, 0.05) is 29.3 Å². The SMILES string of the molecule is CC(C)[C@@H]([NH2+]CC(=O)Nc1cccc([N+](=O)[O-])c1)c1ccccc1. The van der Waals surface area contributed by atoms with Gasteiger partial charge in [-0.2, -0.15) is 0 Å². The number of rotatable bonds is 7. The number of nitro groups is 1. The van der Waals surface area contributed by atoms with Gasteiger partial charge in [-0.15, -0.1) is 0 Å². The molecule has 2 aromatic rings. The largest absolute Gasteiger partial charge is 0.332 e. The van der Waals surface area contributed by atoms with Crippen LogP contribution in [0.15, 0.2) is 54.6 Å². The van der Waals surface area contributed by atoms with E-state index >= 15 is 0 Å². The van der Waals surface area contributed by atoms with Gasteiger partial charge in [0.15, 0.2) is 6.54 Å². The highest BCUT2D eigenvalue weighted by Gasteiger charge is 2.20. The Morgan fingerprint density at radius 3 is 2.50 bits per heavy atom. The number of amides is 1. The van der Waals surface area contributed by atoms with E-state index in [2.05, 4.69) is 31.3 Å². The summed E-state index contributed by atoms with van der Waals surface area (Å²) in [6, 6.07) is 16.2. The number of carbonyl (C=O) groups is 1. The number of carbonyl (C=O) groups excluding carboxylic acids is 1. The van der Waals surface area contributed by atoms with Crippen LogP contribution in [0.2, 0.25) is 0 Å². The highest BCUT2D eigenvalue weighted by molar-refractivity contribution is 5.91. The van der Waals surface area contributed by atoms with E-state index in [1.807, 2.05) is 23.5 Å². The van der Waals surface area contributed by atoms with Crippen molar-refractivity contribution in [2.45, 2.75) is 19.9 Å². The summed E-state index contributed by atoms with van der Waals surface area (Å²) in [5.74, 6) is 0.190. The number of benzene rings is 2. The van der Waals surface area contributed by atoms with E-state index < -0.39 is 4.92 Å². The highest BCUT2D eigenvalue weighted by Crippen LogP contribution is 2.18. The van der Waals surface area contributed by atoms with Crippen molar-refractivity contribution in [1.82, 2.24) is 0 Å². The topological polar surface area (TPSA) is 88.8 Å². The van der Waals surface area contributed by atoms with E-state index in [4.69, 9.17) is 0 Å². The van der Waals surface area contributed by atoms with Gasteiger partial charge in [0.1, 0.15) is 6.04 Å². The van der Waals surface area contributed by atoms with Crippen molar-refractivity contribution in [3.8, 4) is 0 Å². The monoisotopic (exact) mass is 328 g/mol. The maximum atomic E-state index is 12.1. The lowest BCUT2D eigenvalue weighted by molar-refractivity contribution is -0.692. The standard InChI is InChI=1S/C18H21N3O3/c1-13(2)18(14-7-4-3-5-8-14)19-12-17(22)20-15-9-6-10-16(11-15)21(23)24/h3-11,13,18-19H,12H2,1-2H3,(H,20,22)/p+1/t18-/m1/s1. The van der Waals surface area contributed by atoms with Gasteiger partial charge in [0.2, 0.25) is 0 Å². The number of anilines is 1. The number of quaternary nitrogens is 1. The molecule has 1 atom stereocenters. The fourth-order valence-electron chi connectivity index (χ4n) is 2.61. The van der Waals surface area contributed by atoms with Crippen LogP contribution in [0.1, 0.15) is 25.5 Å². The van der Waals surface area contributed by atoms with E-state index in [1.165, 1.54) is 17.7 Å². The molecule has 2 aromatic carbocycles. The van der Waals surface area contributed by atoms with Gasteiger partial charge in [-0.05, 0) is 6.07 Å². The molecule has 6 nitrogen and oxygen atoms in total. The third-order valence-corrected chi connectivity index (χ3v) is 3.80. The van der Waals surface area contributed by atoms with Crippen molar-refractivity contribution < 1.29 is 15.0 Å². The lowest BCUT2D eigenvalue weighted by Crippen LogP contribution is -2.88. The average molecular weight is 328 g/mol. The molecule has 0 fully saturated rings. The predicted octanol–water partition coefficient (Wildman–Crippen LogP) is 2.49. The molecular weight excluding hydrogens is 306 g/mol. The molecule has 0 aliphatic rings. The van der Waals surface area contributed by atoms with Crippen LogP contribution in [0, 0.1) is 16.0 Å². The van der Waals surface area contributed by atoms with Gasteiger partial charge in [0.25, 0.3) is 11.6 Å². The lowest BCUT2D eigenvalue weighted by atomic mass is 9.96. The van der Waals surface area contributed by atoms with Gasteiger partial charge in [-0.1, -0.05) is 50.2 Å². The molecule has 0 unspecified atom stereocenters. The molecule has 0 bridgehead atoms. The van der Waals surface area contributed by atoms with Crippen LogP contribution in [-0.2, 0) is 4.79 Å². The molecule has 3 N–H and O–H groups in total. The van der Waals surface area contributed by atoms with Gasteiger partial charge in [-0.25, -0.2) is 0 Å². The van der Waals surface area contributed by atoms with E-state index in [9.17, 15) is 14.9 Å². The molecule has 6 heteroatoms. The Kier molecular flexibility index (Phi) is 6.03. The summed E-state index contributed by atoms with van der Waals surface area (Å²) in [5, 5.41) is 15.5. The number of nitrogens with one attached hydrogen (secondary N) is 1. The maximum Gasteiger partial charge on any atom is 0.279 e. The Balaban J connectivity index is 1.96. The molecule has 0 heterocycles. The second-order valence-electron chi connectivity index (χ2n) is 5.98. The molecule has 0 aliphatic heterocycles. The predicted molar refractivity (Wildman–Crippen MR) is 92.5 cm³/mol. The minimum absolute atomic E-state index is 0.0406. The van der Waals surface area contributed by atoms with Crippen molar-refractivity contribution in [3.63, 3.8) is 0 Å². The third kappa shape index (κ3) is 4.89. The number of nitrogens with zero attached hydrogens (tertiary/aromatic N) is 1. The van der Waals surface area contributed by atoms with Crippen molar-refractivity contribution in [1.29, 1.82) is 0 Å². The summed E-state index contributed by atoms with van der Waals surface area (Å²) in [7, 11) is 0. The molecular formula is C18H22N3O3+. The molecule has 2 rings (SSSR count). The Bertz CT molecular complexity index is 702. The number of non-ortho nitro benzene ring substituents is 1. The summed E-state index contributed by atoms with van der Waals surface area (Å²) in [5.41, 5.74) is 1.57. The zero-order chi connectivity index (χ0) is 17.5. The zero-order valence-corrected chi connectivity index (χ0v) is 13.8. The Morgan fingerprint density at radius 1 is 1.17 bits per heavy atom. The minimum Gasteiger partial charge on any atom is -0.332 e. The highest BCUT2D eigenvalue weighted by atomic mass is 16.6. The third-order valence-electron chi connectivity index (χ3n) is 3.80. The molecule has 126 valence electrons. The first-order valence-electron chi connectivity index (χ1n) is 7.90. The van der Waals surface area contributed by atoms with Crippen LogP contribution in [-0.4, -0.2) is 17.4 Å². The van der Waals surface area contributed by atoms with Crippen molar-refractivity contribution in [3.05, 3.63) is 70.3 Å². The maximum absolute atomic E-state index is 12.1. The molecule has 0 aliphatic carbocycles. The first-order valence-corrected chi connectivity index (χ1v) is 7.90. The molecule has 0 aromatic heterocycles. The Labute approximate surface area is 141 Å². The average Bonchev–Trinajstić information content (AvgIpc) is 2.56. The van der Waals surface area contributed by atoms with Crippen LogP contribution >= 0.6 is 0 Å². The number of nitro benzene ring substituents is 1. The number of nitrogens with two attached hydrogens (primary N) is 1. The fourth-order valence-corrected chi connectivity index (χ4v) is 2.61. The number of hydrogen-bond donors (Lipinski definition) is 2. The summed E-state index contributed by atoms with van der Waals surface area (Å²) in [6.07, 6.45) is 0. The molecule has 0 saturated heterocycles. The van der Waals surface area contributed by atoms with Gasteiger partial charge in [-0.3, -0.25) is 14.9 Å². The molecule has 1 amide bonds. The summed E-state index contributed by atoms with van der Waals surface area (Å²) < 4.78 is 0. The van der Waals surface area contributed by atoms with Gasteiger partial charge < -0.3 is 10.6 Å². The second kappa shape index (κ2) is 8.21. The summed E-state index contributed by atoms with van der Waals surface area (Å²) in [4.78, 5) is 22.4. The summed E-state index contributed by atoms with van der Waals surface area (Å²) in [6.45, 7) is 4.49. The Hall–Kier alpha value is -2.73. The number of hydrogen-bond acceptors (Lipinski definition) is 3. The Morgan fingerprint density at radius 2 is 1.88 bits per heavy atom. The first kappa shape index (κ1) is 17.6. The van der Waals surface area contributed by atoms with Crippen LogP contribution in [0.5, 0.6) is 0 Å². The van der Waals surface area contributed by atoms with E-state index in [0.717, 1.165) is 0 Å². The molecule has 0 radical (unpaired) electrons. The normalized spacial score (nSPS) is 12.0. The van der Waals surface area contributed by atoms with Crippen LogP contribution in [0.4, 0.5) is 11.4 Å². The van der Waals surface area contributed by atoms with E-state index in [0.29, 0.717) is 11.6 Å². The van der Waals surface area contributed by atoms with Gasteiger partial charge in [0.05, 0.1) is 4.92 Å².